The van der Waals surface area contributed by atoms with E-state index in [0.29, 0.717) is 26.2 Å². The Morgan fingerprint density at radius 2 is 1.59 bits per heavy atom. The number of amides is 1. The summed E-state index contributed by atoms with van der Waals surface area (Å²) in [5, 5.41) is 8.94. The molecule has 29 heavy (non-hydrogen) atoms. The van der Waals surface area contributed by atoms with Crippen LogP contribution in [0.2, 0.25) is 0 Å². The number of para-hydroxylation sites is 1. The lowest BCUT2D eigenvalue weighted by Crippen LogP contribution is -2.50. The third-order valence-electron chi connectivity index (χ3n) is 4.66. The van der Waals surface area contributed by atoms with Crippen molar-refractivity contribution < 1.29 is 32.6 Å². The summed E-state index contributed by atoms with van der Waals surface area (Å²) in [4.78, 5) is 26.8. The maximum absolute atomic E-state index is 13.0. The number of alkyl halides is 3. The molecular formula is C20H19F3N2O4. The van der Waals surface area contributed by atoms with Gasteiger partial charge >= 0.3 is 12.1 Å². The highest BCUT2D eigenvalue weighted by atomic mass is 19.4. The number of piperazine rings is 1. The van der Waals surface area contributed by atoms with Crippen LogP contribution < -0.4 is 9.64 Å². The molecule has 0 aromatic heterocycles. The Balaban J connectivity index is 1.54. The van der Waals surface area contributed by atoms with Gasteiger partial charge in [-0.3, -0.25) is 4.79 Å². The molecule has 0 saturated carbocycles. The van der Waals surface area contributed by atoms with Crippen LogP contribution in [0.4, 0.5) is 18.9 Å². The summed E-state index contributed by atoms with van der Waals surface area (Å²) >= 11 is 0. The van der Waals surface area contributed by atoms with Crippen molar-refractivity contribution in [2.24, 2.45) is 0 Å². The summed E-state index contributed by atoms with van der Waals surface area (Å²) < 4.78 is 44.1. The number of nitrogens with zero attached hydrogens (tertiary/aromatic N) is 2. The van der Waals surface area contributed by atoms with Crippen LogP contribution in [0.1, 0.15) is 15.9 Å². The van der Waals surface area contributed by atoms with E-state index in [1.807, 2.05) is 4.90 Å². The van der Waals surface area contributed by atoms with Crippen LogP contribution in [-0.4, -0.2) is 54.7 Å². The number of rotatable bonds is 5. The van der Waals surface area contributed by atoms with E-state index >= 15 is 0 Å². The van der Waals surface area contributed by atoms with Crippen molar-refractivity contribution in [2.45, 2.75) is 6.18 Å². The summed E-state index contributed by atoms with van der Waals surface area (Å²) in [5.41, 5.74) is 0.124. The van der Waals surface area contributed by atoms with Crippen LogP contribution in [0.5, 0.6) is 5.75 Å². The number of anilines is 1. The molecule has 0 spiro atoms. The zero-order chi connectivity index (χ0) is 21.0. The van der Waals surface area contributed by atoms with E-state index in [4.69, 9.17) is 9.84 Å². The Hall–Kier alpha value is -3.23. The van der Waals surface area contributed by atoms with Crippen LogP contribution in [0.25, 0.3) is 0 Å². The first kappa shape index (κ1) is 20.5. The summed E-state index contributed by atoms with van der Waals surface area (Å²) in [6.07, 6.45) is -4.55. The van der Waals surface area contributed by atoms with Gasteiger partial charge in [-0.25, -0.2) is 4.79 Å². The second kappa shape index (κ2) is 8.42. The number of carbonyl (C=O) groups excluding carboxylic acids is 1. The Morgan fingerprint density at radius 3 is 2.17 bits per heavy atom. The lowest BCUT2D eigenvalue weighted by molar-refractivity contribution is -0.141. The highest BCUT2D eigenvalue weighted by Crippen LogP contribution is 2.35. The fourth-order valence-electron chi connectivity index (χ4n) is 3.09. The first-order valence-electron chi connectivity index (χ1n) is 8.91. The third kappa shape index (κ3) is 4.98. The van der Waals surface area contributed by atoms with Gasteiger partial charge in [-0.2, -0.15) is 13.2 Å². The zero-order valence-electron chi connectivity index (χ0n) is 15.4. The number of ether oxygens (including phenoxy) is 1. The van der Waals surface area contributed by atoms with Crippen molar-refractivity contribution >= 4 is 17.6 Å². The number of carboxylic acid groups (broad SMARTS) is 1. The molecule has 1 N–H and O–H groups in total. The Kier molecular flexibility index (Phi) is 5.95. The molecule has 2 aromatic carbocycles. The second-order valence-corrected chi connectivity index (χ2v) is 6.50. The van der Waals surface area contributed by atoms with Gasteiger partial charge in [0.15, 0.2) is 6.61 Å². The zero-order valence-corrected chi connectivity index (χ0v) is 15.4. The molecular weight excluding hydrogens is 389 g/mol. The SMILES string of the molecule is O=C(O)c1ccc(N2CCN(C(=O)COc3ccccc3C(F)(F)F)CC2)cc1. The molecule has 1 heterocycles. The van der Waals surface area contributed by atoms with Gasteiger partial charge in [0, 0.05) is 31.9 Å². The molecule has 1 aliphatic rings. The lowest BCUT2D eigenvalue weighted by atomic mass is 10.2. The van der Waals surface area contributed by atoms with Gasteiger partial charge in [0.25, 0.3) is 5.91 Å². The third-order valence-corrected chi connectivity index (χ3v) is 4.66. The molecule has 9 heteroatoms. The van der Waals surface area contributed by atoms with Crippen LogP contribution in [0.15, 0.2) is 48.5 Å². The van der Waals surface area contributed by atoms with E-state index in [2.05, 4.69) is 0 Å². The van der Waals surface area contributed by atoms with Gasteiger partial charge in [-0.15, -0.1) is 0 Å². The predicted octanol–water partition coefficient (Wildman–Crippen LogP) is 3.13. The second-order valence-electron chi connectivity index (χ2n) is 6.50. The fourth-order valence-corrected chi connectivity index (χ4v) is 3.09. The number of carboxylic acids is 1. The van der Waals surface area contributed by atoms with E-state index in [-0.39, 0.29) is 17.2 Å². The summed E-state index contributed by atoms with van der Waals surface area (Å²) in [7, 11) is 0. The summed E-state index contributed by atoms with van der Waals surface area (Å²) in [6, 6.07) is 11.2. The van der Waals surface area contributed by atoms with Crippen molar-refractivity contribution in [3.05, 3.63) is 59.7 Å². The van der Waals surface area contributed by atoms with E-state index in [1.165, 1.54) is 30.3 Å². The molecule has 1 saturated heterocycles. The molecule has 0 aliphatic carbocycles. The highest BCUT2D eigenvalue weighted by Gasteiger charge is 2.34. The first-order chi connectivity index (χ1) is 13.8. The minimum atomic E-state index is -4.55. The Labute approximate surface area is 165 Å². The molecule has 6 nitrogen and oxygen atoms in total. The number of hydrogen-bond donors (Lipinski definition) is 1. The number of carbonyl (C=O) groups is 2. The van der Waals surface area contributed by atoms with Gasteiger partial charge in [0.05, 0.1) is 11.1 Å². The first-order valence-corrected chi connectivity index (χ1v) is 8.91. The van der Waals surface area contributed by atoms with Gasteiger partial charge < -0.3 is 19.6 Å². The molecule has 0 radical (unpaired) electrons. The smallest absolute Gasteiger partial charge is 0.419 e. The predicted molar refractivity (Wildman–Crippen MR) is 99.1 cm³/mol. The van der Waals surface area contributed by atoms with Crippen molar-refractivity contribution in [2.75, 3.05) is 37.7 Å². The largest absolute Gasteiger partial charge is 0.483 e. The minimum absolute atomic E-state index is 0.193. The summed E-state index contributed by atoms with van der Waals surface area (Å²) in [6.45, 7) is 1.36. The number of benzene rings is 2. The van der Waals surface area contributed by atoms with E-state index < -0.39 is 24.3 Å². The molecule has 2 aromatic rings. The number of aromatic carboxylic acids is 1. The van der Waals surface area contributed by atoms with E-state index in [0.717, 1.165) is 11.8 Å². The lowest BCUT2D eigenvalue weighted by Gasteiger charge is -2.36. The van der Waals surface area contributed by atoms with Crippen molar-refractivity contribution in [1.82, 2.24) is 4.90 Å². The van der Waals surface area contributed by atoms with Crippen LogP contribution in [0, 0.1) is 0 Å². The highest BCUT2D eigenvalue weighted by molar-refractivity contribution is 5.88. The molecule has 1 aliphatic heterocycles. The molecule has 3 rings (SSSR count). The van der Waals surface area contributed by atoms with E-state index in [9.17, 15) is 22.8 Å². The number of hydrogen-bond acceptors (Lipinski definition) is 4. The minimum Gasteiger partial charge on any atom is -0.483 e. The van der Waals surface area contributed by atoms with Crippen molar-refractivity contribution in [3.63, 3.8) is 0 Å². The van der Waals surface area contributed by atoms with Crippen molar-refractivity contribution in [1.29, 1.82) is 0 Å². The quantitative estimate of drug-likeness (QED) is 0.823. The molecule has 0 bridgehead atoms. The Bertz CT molecular complexity index is 876. The van der Waals surface area contributed by atoms with Crippen molar-refractivity contribution in [3.8, 4) is 5.75 Å². The van der Waals surface area contributed by atoms with Gasteiger partial charge in [0.1, 0.15) is 5.75 Å². The van der Waals surface area contributed by atoms with Crippen LogP contribution in [0.3, 0.4) is 0 Å². The Morgan fingerprint density at radius 1 is 0.966 bits per heavy atom. The average molecular weight is 408 g/mol. The number of halogens is 3. The molecule has 0 unspecified atom stereocenters. The molecule has 154 valence electrons. The van der Waals surface area contributed by atoms with Crippen LogP contribution >= 0.6 is 0 Å². The van der Waals surface area contributed by atoms with Crippen LogP contribution in [-0.2, 0) is 11.0 Å². The summed E-state index contributed by atoms with van der Waals surface area (Å²) in [5.74, 6) is -1.76. The molecule has 0 atom stereocenters. The molecule has 1 amide bonds. The average Bonchev–Trinajstić information content (AvgIpc) is 2.71. The topological polar surface area (TPSA) is 70.1 Å². The maximum atomic E-state index is 13.0. The van der Waals surface area contributed by atoms with Gasteiger partial charge in [0.2, 0.25) is 0 Å². The monoisotopic (exact) mass is 408 g/mol. The molecule has 1 fully saturated rings. The maximum Gasteiger partial charge on any atom is 0.419 e. The standard InChI is InChI=1S/C20H19F3N2O4/c21-20(22,23)16-3-1-2-4-17(16)29-13-18(26)25-11-9-24(10-12-25)15-7-5-14(6-8-15)19(27)28/h1-8H,9-13H2,(H,27,28). The normalized spacial score (nSPS) is 14.6. The van der Waals surface area contributed by atoms with E-state index in [1.54, 1.807) is 17.0 Å². The van der Waals surface area contributed by atoms with Gasteiger partial charge in [-0.1, -0.05) is 12.1 Å². The fraction of sp³-hybridized carbons (Fsp3) is 0.300. The van der Waals surface area contributed by atoms with Gasteiger partial charge in [-0.05, 0) is 36.4 Å².